The molecule has 0 bridgehead atoms. The highest BCUT2D eigenvalue weighted by Crippen LogP contribution is 2.27. The van der Waals surface area contributed by atoms with Crippen molar-refractivity contribution in [1.82, 2.24) is 0 Å². The van der Waals surface area contributed by atoms with Crippen LogP contribution in [-0.2, 0) is 9.84 Å². The second kappa shape index (κ2) is 4.99. The summed E-state index contributed by atoms with van der Waals surface area (Å²) in [5, 5.41) is 10.8. The van der Waals surface area contributed by atoms with E-state index in [1.807, 2.05) is 0 Å². The van der Waals surface area contributed by atoms with Gasteiger partial charge in [0.1, 0.15) is 4.90 Å². The molecule has 0 fully saturated rings. The molecule has 1 aromatic rings. The van der Waals surface area contributed by atoms with Crippen LogP contribution in [0.15, 0.2) is 23.1 Å². The molecule has 88 valence electrons. The van der Waals surface area contributed by atoms with Crippen molar-refractivity contribution in [2.45, 2.75) is 4.90 Å². The number of nitro groups is 1. The molecule has 0 aromatic heterocycles. The average Bonchev–Trinajstić information content (AvgIpc) is 2.17. The van der Waals surface area contributed by atoms with E-state index in [4.69, 9.17) is 23.2 Å². The van der Waals surface area contributed by atoms with Gasteiger partial charge in [-0.3, -0.25) is 10.1 Å². The fourth-order valence-electron chi connectivity index (χ4n) is 1.10. The minimum Gasteiger partial charge on any atom is -0.258 e. The third kappa shape index (κ3) is 2.84. The zero-order chi connectivity index (χ0) is 12.3. The monoisotopic (exact) mass is 283 g/mol. The Morgan fingerprint density at radius 2 is 2.00 bits per heavy atom. The highest BCUT2D eigenvalue weighted by molar-refractivity contribution is 7.91. The van der Waals surface area contributed by atoms with Crippen molar-refractivity contribution in [3.8, 4) is 0 Å². The number of hydrogen-bond acceptors (Lipinski definition) is 4. The van der Waals surface area contributed by atoms with Crippen LogP contribution in [0, 0.1) is 10.1 Å². The number of rotatable bonds is 4. The summed E-state index contributed by atoms with van der Waals surface area (Å²) in [4.78, 5) is 9.49. The largest absolute Gasteiger partial charge is 0.288 e. The van der Waals surface area contributed by atoms with Gasteiger partial charge in [-0.05, 0) is 12.1 Å². The van der Waals surface area contributed by atoms with Gasteiger partial charge in [0.25, 0.3) is 5.69 Å². The predicted molar refractivity (Wildman–Crippen MR) is 60.9 cm³/mol. The van der Waals surface area contributed by atoms with E-state index < -0.39 is 25.3 Å². The van der Waals surface area contributed by atoms with E-state index in [2.05, 4.69) is 0 Å². The van der Waals surface area contributed by atoms with E-state index >= 15 is 0 Å². The number of sulfone groups is 1. The normalized spacial score (nSPS) is 11.4. The Bertz CT molecular complexity index is 515. The first-order chi connectivity index (χ1) is 7.38. The van der Waals surface area contributed by atoms with Gasteiger partial charge in [-0.1, -0.05) is 11.6 Å². The number of halogens is 2. The van der Waals surface area contributed by atoms with Crippen molar-refractivity contribution < 1.29 is 13.3 Å². The Labute approximate surface area is 102 Å². The van der Waals surface area contributed by atoms with Crippen LogP contribution in [0.4, 0.5) is 5.69 Å². The van der Waals surface area contributed by atoms with Gasteiger partial charge in [0, 0.05) is 17.0 Å². The van der Waals surface area contributed by atoms with Crippen molar-refractivity contribution in [3.05, 3.63) is 33.3 Å². The first kappa shape index (κ1) is 13.2. The predicted octanol–water partition coefficient (Wildman–Crippen LogP) is 2.26. The molecule has 0 atom stereocenters. The molecular formula is C8H7Cl2NO4S. The first-order valence-corrected chi connectivity index (χ1v) is 6.67. The summed E-state index contributed by atoms with van der Waals surface area (Å²) in [6.45, 7) is 0. The lowest BCUT2D eigenvalue weighted by atomic mass is 10.3. The Hall–Kier alpha value is -0.850. The van der Waals surface area contributed by atoms with Gasteiger partial charge in [0.15, 0.2) is 9.84 Å². The second-order valence-electron chi connectivity index (χ2n) is 2.88. The average molecular weight is 284 g/mol. The van der Waals surface area contributed by atoms with E-state index in [0.29, 0.717) is 0 Å². The van der Waals surface area contributed by atoms with Gasteiger partial charge in [-0.2, -0.15) is 0 Å². The zero-order valence-electron chi connectivity index (χ0n) is 7.89. The molecule has 0 N–H and O–H groups in total. The van der Waals surface area contributed by atoms with Crippen molar-refractivity contribution in [2.75, 3.05) is 11.6 Å². The highest BCUT2D eigenvalue weighted by atomic mass is 35.5. The summed E-state index contributed by atoms with van der Waals surface area (Å²) >= 11 is 10.9. The van der Waals surface area contributed by atoms with Gasteiger partial charge < -0.3 is 0 Å². The topological polar surface area (TPSA) is 77.3 Å². The van der Waals surface area contributed by atoms with Crippen LogP contribution in [0.2, 0.25) is 5.02 Å². The van der Waals surface area contributed by atoms with Crippen molar-refractivity contribution >= 4 is 38.7 Å². The Balaban J connectivity index is 3.42. The number of nitro benzene ring substituents is 1. The van der Waals surface area contributed by atoms with Crippen LogP contribution in [0.1, 0.15) is 0 Å². The third-order valence-corrected chi connectivity index (χ3v) is 4.19. The molecule has 1 rings (SSSR count). The maximum absolute atomic E-state index is 11.7. The minimum absolute atomic E-state index is 0.124. The minimum atomic E-state index is -3.77. The van der Waals surface area contributed by atoms with E-state index in [9.17, 15) is 18.5 Å². The van der Waals surface area contributed by atoms with E-state index in [1.54, 1.807) is 0 Å². The molecule has 0 saturated heterocycles. The number of hydrogen-bond donors (Lipinski definition) is 0. The molecule has 0 aliphatic rings. The smallest absolute Gasteiger partial charge is 0.258 e. The third-order valence-electron chi connectivity index (χ3n) is 1.80. The maximum atomic E-state index is 11.7. The molecule has 0 heterocycles. The molecule has 0 amide bonds. The fraction of sp³-hybridized carbons (Fsp3) is 0.250. The molecule has 0 aliphatic heterocycles. The molecule has 0 aliphatic carbocycles. The van der Waals surface area contributed by atoms with E-state index in [1.165, 1.54) is 6.07 Å². The van der Waals surface area contributed by atoms with Crippen LogP contribution >= 0.6 is 23.2 Å². The number of benzene rings is 1. The maximum Gasteiger partial charge on any atom is 0.288 e. The summed E-state index contributed by atoms with van der Waals surface area (Å²) in [5.74, 6) is -0.498. The van der Waals surface area contributed by atoms with Gasteiger partial charge in [-0.25, -0.2) is 8.42 Å². The number of alkyl halides is 1. The Kier molecular flexibility index (Phi) is 4.12. The molecule has 16 heavy (non-hydrogen) atoms. The van der Waals surface area contributed by atoms with Crippen LogP contribution in [0.3, 0.4) is 0 Å². The van der Waals surface area contributed by atoms with Crippen LogP contribution in [0.5, 0.6) is 0 Å². The highest BCUT2D eigenvalue weighted by Gasteiger charge is 2.25. The van der Waals surface area contributed by atoms with E-state index in [-0.39, 0.29) is 16.7 Å². The van der Waals surface area contributed by atoms with Gasteiger partial charge in [0.05, 0.1) is 10.7 Å². The zero-order valence-corrected chi connectivity index (χ0v) is 10.2. The molecule has 0 saturated carbocycles. The molecule has 8 heteroatoms. The quantitative estimate of drug-likeness (QED) is 0.482. The van der Waals surface area contributed by atoms with Crippen molar-refractivity contribution in [2.24, 2.45) is 0 Å². The molecular weight excluding hydrogens is 277 g/mol. The lowest BCUT2D eigenvalue weighted by Gasteiger charge is -2.03. The molecule has 0 radical (unpaired) electrons. The molecule has 0 spiro atoms. The van der Waals surface area contributed by atoms with Crippen molar-refractivity contribution in [1.29, 1.82) is 0 Å². The Morgan fingerprint density at radius 3 is 2.50 bits per heavy atom. The standard InChI is InChI=1S/C8H7Cl2NO4S/c9-3-4-16(14,15)8-5-6(10)1-2-7(8)11(12)13/h1-2,5H,3-4H2. The fourth-order valence-corrected chi connectivity index (χ4v) is 3.14. The lowest BCUT2D eigenvalue weighted by molar-refractivity contribution is -0.387. The van der Waals surface area contributed by atoms with Crippen LogP contribution in [0.25, 0.3) is 0 Å². The molecule has 5 nitrogen and oxygen atoms in total. The summed E-state index contributed by atoms with van der Waals surface area (Å²) in [6, 6.07) is 3.38. The molecule has 0 unspecified atom stereocenters. The van der Waals surface area contributed by atoms with E-state index in [0.717, 1.165) is 12.1 Å². The summed E-state index contributed by atoms with van der Waals surface area (Å²) in [5.41, 5.74) is -0.491. The summed E-state index contributed by atoms with van der Waals surface area (Å²) in [7, 11) is -3.77. The SMILES string of the molecule is O=[N+]([O-])c1ccc(Cl)cc1S(=O)(=O)CCCl. The second-order valence-corrected chi connectivity index (χ2v) is 5.77. The lowest BCUT2D eigenvalue weighted by Crippen LogP contribution is -2.10. The Morgan fingerprint density at radius 1 is 1.38 bits per heavy atom. The first-order valence-electron chi connectivity index (χ1n) is 4.11. The van der Waals surface area contributed by atoms with Crippen LogP contribution in [-0.4, -0.2) is 25.0 Å². The van der Waals surface area contributed by atoms with Crippen LogP contribution < -0.4 is 0 Å². The molecule has 1 aromatic carbocycles. The van der Waals surface area contributed by atoms with Gasteiger partial charge in [0.2, 0.25) is 0 Å². The summed E-state index contributed by atoms with van der Waals surface area (Å²) in [6.07, 6.45) is 0. The van der Waals surface area contributed by atoms with Gasteiger partial charge in [-0.15, -0.1) is 11.6 Å². The van der Waals surface area contributed by atoms with Gasteiger partial charge >= 0.3 is 0 Å². The van der Waals surface area contributed by atoms with Crippen molar-refractivity contribution in [3.63, 3.8) is 0 Å². The summed E-state index contributed by atoms with van der Waals surface area (Å²) < 4.78 is 23.3. The number of nitrogens with zero attached hydrogens (tertiary/aromatic N) is 1.